The van der Waals surface area contributed by atoms with E-state index in [1.165, 1.54) is 51.9 Å². The fourth-order valence-electron chi connectivity index (χ4n) is 2.32. The molecule has 0 rings (SSSR count). The molecule has 1 atom stereocenters. The highest BCUT2D eigenvalue weighted by Crippen LogP contribution is 2.18. The molecule has 0 aliphatic heterocycles. The molecular formula is C16H32O4. The van der Waals surface area contributed by atoms with Crippen LogP contribution in [0.3, 0.4) is 0 Å². The Labute approximate surface area is 123 Å². The molecule has 120 valence electrons. The van der Waals surface area contributed by atoms with Crippen LogP contribution in [0.2, 0.25) is 0 Å². The van der Waals surface area contributed by atoms with Crippen LogP contribution in [0, 0.1) is 0 Å². The van der Waals surface area contributed by atoms with E-state index in [4.69, 9.17) is 9.84 Å². The van der Waals surface area contributed by atoms with Gasteiger partial charge in [-0.3, -0.25) is 4.79 Å². The van der Waals surface area contributed by atoms with E-state index < -0.39 is 18.4 Å². The van der Waals surface area contributed by atoms with Crippen molar-refractivity contribution in [2.24, 2.45) is 0 Å². The molecule has 0 aromatic carbocycles. The van der Waals surface area contributed by atoms with Gasteiger partial charge in [0.2, 0.25) is 5.79 Å². The van der Waals surface area contributed by atoms with Crippen molar-refractivity contribution in [3.63, 3.8) is 0 Å². The fourth-order valence-corrected chi connectivity index (χ4v) is 2.32. The molecule has 0 heterocycles. The number of rotatable bonds is 13. The Hall–Kier alpha value is -0.610. The third-order valence-electron chi connectivity index (χ3n) is 3.50. The van der Waals surface area contributed by atoms with E-state index in [2.05, 4.69) is 6.92 Å². The molecule has 0 spiro atoms. The lowest BCUT2D eigenvalue weighted by molar-refractivity contribution is -0.224. The van der Waals surface area contributed by atoms with Gasteiger partial charge < -0.3 is 14.9 Å². The van der Waals surface area contributed by atoms with Gasteiger partial charge in [0.15, 0.2) is 0 Å². The lowest BCUT2D eigenvalue weighted by Gasteiger charge is -2.24. The van der Waals surface area contributed by atoms with E-state index >= 15 is 0 Å². The zero-order valence-electron chi connectivity index (χ0n) is 13.2. The zero-order valence-corrected chi connectivity index (χ0v) is 13.2. The van der Waals surface area contributed by atoms with Crippen LogP contribution in [0.1, 0.15) is 84.5 Å². The van der Waals surface area contributed by atoms with Crippen LogP contribution in [-0.2, 0) is 9.53 Å². The lowest BCUT2D eigenvalue weighted by Crippen LogP contribution is -2.38. The molecule has 0 aliphatic carbocycles. The van der Waals surface area contributed by atoms with E-state index in [1.54, 1.807) is 0 Å². The Morgan fingerprint density at radius 3 is 1.80 bits per heavy atom. The maximum Gasteiger partial charge on any atom is 0.305 e. The first-order chi connectivity index (χ1) is 9.54. The first-order valence-corrected chi connectivity index (χ1v) is 8.07. The second-order valence-electron chi connectivity index (χ2n) is 5.63. The molecule has 2 N–H and O–H groups in total. The summed E-state index contributed by atoms with van der Waals surface area (Å²) in [5.74, 6) is -2.25. The van der Waals surface area contributed by atoms with E-state index in [-0.39, 0.29) is 0 Å². The standard InChI is InChI=1S/C16H32O4/c1-3-4-5-6-7-8-9-10-11-12-13-16(19,14-17)20-15(2)18/h17,19H,3-14H2,1-2H3. The molecule has 0 bridgehead atoms. The van der Waals surface area contributed by atoms with Crippen LogP contribution in [0.5, 0.6) is 0 Å². The minimum Gasteiger partial charge on any atom is -0.431 e. The number of hydrogen-bond acceptors (Lipinski definition) is 4. The molecule has 0 saturated carbocycles. The van der Waals surface area contributed by atoms with Crippen LogP contribution in [0.25, 0.3) is 0 Å². The molecule has 0 amide bonds. The summed E-state index contributed by atoms with van der Waals surface area (Å²) in [5.41, 5.74) is 0. The summed E-state index contributed by atoms with van der Waals surface area (Å²) in [6, 6.07) is 0. The van der Waals surface area contributed by atoms with Crippen LogP contribution in [0.15, 0.2) is 0 Å². The van der Waals surface area contributed by atoms with Crippen molar-refractivity contribution in [1.29, 1.82) is 0 Å². The van der Waals surface area contributed by atoms with Crippen molar-refractivity contribution < 1.29 is 19.7 Å². The third kappa shape index (κ3) is 11.2. The molecule has 1 unspecified atom stereocenters. The largest absolute Gasteiger partial charge is 0.431 e. The van der Waals surface area contributed by atoms with Gasteiger partial charge in [-0.05, 0) is 6.42 Å². The van der Waals surface area contributed by atoms with Gasteiger partial charge >= 0.3 is 5.97 Å². The number of carbonyl (C=O) groups excluding carboxylic acids is 1. The fraction of sp³-hybridized carbons (Fsp3) is 0.938. The third-order valence-corrected chi connectivity index (χ3v) is 3.50. The summed E-state index contributed by atoms with van der Waals surface area (Å²) >= 11 is 0. The number of unbranched alkanes of at least 4 members (excludes halogenated alkanes) is 9. The van der Waals surface area contributed by atoms with Crippen molar-refractivity contribution >= 4 is 5.97 Å². The molecule has 20 heavy (non-hydrogen) atoms. The number of hydrogen-bond donors (Lipinski definition) is 2. The first kappa shape index (κ1) is 19.4. The summed E-state index contributed by atoms with van der Waals surface area (Å²) in [5, 5.41) is 18.9. The summed E-state index contributed by atoms with van der Waals surface area (Å²) in [7, 11) is 0. The maximum absolute atomic E-state index is 10.8. The summed E-state index contributed by atoms with van der Waals surface area (Å²) in [6.45, 7) is 2.92. The van der Waals surface area contributed by atoms with Crippen molar-refractivity contribution in [2.75, 3.05) is 6.61 Å². The van der Waals surface area contributed by atoms with Gasteiger partial charge in [-0.25, -0.2) is 0 Å². The van der Waals surface area contributed by atoms with Crippen molar-refractivity contribution in [2.45, 2.75) is 90.3 Å². The highest BCUT2D eigenvalue weighted by molar-refractivity contribution is 5.66. The second kappa shape index (κ2) is 12.2. The SMILES string of the molecule is CCCCCCCCCCCCC(O)(CO)OC(C)=O. The van der Waals surface area contributed by atoms with Crippen molar-refractivity contribution in [1.82, 2.24) is 0 Å². The molecule has 0 fully saturated rings. The first-order valence-electron chi connectivity index (χ1n) is 8.07. The number of aliphatic hydroxyl groups excluding tert-OH is 1. The Kier molecular flexibility index (Phi) is 11.8. The maximum atomic E-state index is 10.8. The van der Waals surface area contributed by atoms with Gasteiger partial charge in [0.25, 0.3) is 0 Å². The zero-order chi connectivity index (χ0) is 15.3. The Morgan fingerprint density at radius 1 is 0.950 bits per heavy atom. The molecular weight excluding hydrogens is 256 g/mol. The Morgan fingerprint density at radius 2 is 1.40 bits per heavy atom. The van der Waals surface area contributed by atoms with Crippen LogP contribution in [0.4, 0.5) is 0 Å². The van der Waals surface area contributed by atoms with Crippen molar-refractivity contribution in [3.05, 3.63) is 0 Å². The number of aliphatic hydroxyl groups is 2. The van der Waals surface area contributed by atoms with E-state index in [0.717, 1.165) is 19.3 Å². The van der Waals surface area contributed by atoms with E-state index in [0.29, 0.717) is 6.42 Å². The van der Waals surface area contributed by atoms with Gasteiger partial charge in [-0.2, -0.15) is 0 Å². The van der Waals surface area contributed by atoms with E-state index in [1.807, 2.05) is 0 Å². The molecule has 0 saturated heterocycles. The molecule has 4 nitrogen and oxygen atoms in total. The van der Waals surface area contributed by atoms with Crippen LogP contribution in [-0.4, -0.2) is 28.6 Å². The predicted molar refractivity (Wildman–Crippen MR) is 80.3 cm³/mol. The minimum absolute atomic E-state index is 0.305. The van der Waals surface area contributed by atoms with Crippen molar-refractivity contribution in [3.8, 4) is 0 Å². The van der Waals surface area contributed by atoms with Crippen LogP contribution >= 0.6 is 0 Å². The molecule has 4 heteroatoms. The number of carbonyl (C=O) groups is 1. The molecule has 0 aliphatic rings. The average molecular weight is 288 g/mol. The monoisotopic (exact) mass is 288 g/mol. The number of esters is 1. The molecule has 0 aromatic rings. The lowest BCUT2D eigenvalue weighted by atomic mass is 10.0. The highest BCUT2D eigenvalue weighted by atomic mass is 16.7. The molecule has 0 aromatic heterocycles. The average Bonchev–Trinajstić information content (AvgIpc) is 2.40. The van der Waals surface area contributed by atoms with Gasteiger partial charge in [-0.1, -0.05) is 64.7 Å². The second-order valence-corrected chi connectivity index (χ2v) is 5.63. The Balaban J connectivity index is 3.44. The quantitative estimate of drug-likeness (QED) is 0.309. The molecule has 0 radical (unpaired) electrons. The summed E-state index contributed by atoms with van der Waals surface area (Å²) < 4.78 is 4.74. The summed E-state index contributed by atoms with van der Waals surface area (Å²) in [4.78, 5) is 10.8. The minimum atomic E-state index is -1.69. The predicted octanol–water partition coefficient (Wildman–Crippen LogP) is 3.54. The highest BCUT2D eigenvalue weighted by Gasteiger charge is 2.28. The van der Waals surface area contributed by atoms with Gasteiger partial charge in [0.1, 0.15) is 6.61 Å². The summed E-state index contributed by atoms with van der Waals surface area (Å²) in [6.07, 6.45) is 12.3. The smallest absolute Gasteiger partial charge is 0.305 e. The van der Waals surface area contributed by atoms with Gasteiger partial charge in [0, 0.05) is 13.3 Å². The Bertz CT molecular complexity index is 243. The van der Waals surface area contributed by atoms with E-state index in [9.17, 15) is 9.90 Å². The van der Waals surface area contributed by atoms with Crippen LogP contribution < -0.4 is 0 Å². The van der Waals surface area contributed by atoms with Gasteiger partial charge in [-0.15, -0.1) is 0 Å². The van der Waals surface area contributed by atoms with Gasteiger partial charge in [0.05, 0.1) is 0 Å². The topological polar surface area (TPSA) is 66.8 Å². The number of ether oxygens (including phenoxy) is 1. The normalized spacial score (nSPS) is 14.0.